The number of nitrogens with zero attached hydrogens (tertiary/aromatic N) is 1. The Bertz CT molecular complexity index is 600. The van der Waals surface area contributed by atoms with Crippen molar-refractivity contribution in [1.82, 2.24) is 0 Å². The van der Waals surface area contributed by atoms with Crippen molar-refractivity contribution in [1.29, 1.82) is 0 Å². The summed E-state index contributed by atoms with van der Waals surface area (Å²) in [6.45, 7) is 5.57. The highest BCUT2D eigenvalue weighted by molar-refractivity contribution is 7.60. The van der Waals surface area contributed by atoms with Crippen molar-refractivity contribution in [3.05, 3.63) is 35.1 Å². The molecule has 0 spiro atoms. The van der Waals surface area contributed by atoms with Crippen LogP contribution in [-0.4, -0.2) is 39.9 Å². The Balaban J connectivity index is 3.30. The first kappa shape index (κ1) is 20.4. The molecule has 7 heteroatoms. The molecular weight excluding hydrogens is 329 g/mol. The highest BCUT2D eigenvalue weighted by atomic mass is 31.2. The molecule has 0 atom stereocenters. The molecule has 1 aromatic rings. The van der Waals surface area contributed by atoms with Crippen LogP contribution < -0.4 is 4.90 Å². The van der Waals surface area contributed by atoms with E-state index in [9.17, 15) is 9.36 Å². The third-order valence-corrected chi connectivity index (χ3v) is 5.19. The van der Waals surface area contributed by atoms with Crippen LogP contribution >= 0.6 is 7.60 Å². The lowest BCUT2D eigenvalue weighted by Gasteiger charge is -2.19. The molecule has 0 N–H and O–H groups in total. The van der Waals surface area contributed by atoms with Crippen LogP contribution in [0.2, 0.25) is 0 Å². The van der Waals surface area contributed by atoms with E-state index in [0.29, 0.717) is 5.56 Å². The predicted molar refractivity (Wildman–Crippen MR) is 96.2 cm³/mol. The van der Waals surface area contributed by atoms with Gasteiger partial charge in [-0.1, -0.05) is 12.1 Å². The number of carbonyl (C=O) groups excluding carboxylic acids is 1. The topological polar surface area (TPSA) is 65.1 Å². The molecule has 0 unspecified atom stereocenters. The zero-order chi connectivity index (χ0) is 18.2. The van der Waals surface area contributed by atoms with Crippen molar-refractivity contribution in [3.8, 4) is 0 Å². The monoisotopic (exact) mass is 355 g/mol. The van der Waals surface area contributed by atoms with Gasteiger partial charge >= 0.3 is 13.6 Å². The lowest BCUT2D eigenvalue weighted by Crippen LogP contribution is -2.11. The van der Waals surface area contributed by atoms with Crippen molar-refractivity contribution in [3.63, 3.8) is 0 Å². The molecule has 0 aliphatic heterocycles. The molecule has 0 aliphatic rings. The van der Waals surface area contributed by atoms with Crippen LogP contribution in [0.1, 0.15) is 26.3 Å². The molecule has 0 bridgehead atoms. The van der Waals surface area contributed by atoms with Crippen LogP contribution in [0.4, 0.5) is 5.69 Å². The Morgan fingerprint density at radius 2 is 1.58 bits per heavy atom. The van der Waals surface area contributed by atoms with Gasteiger partial charge in [0.1, 0.15) is 5.31 Å². The third-order valence-electron chi connectivity index (χ3n) is 3.09. The number of benzene rings is 1. The van der Waals surface area contributed by atoms with E-state index in [1.807, 2.05) is 43.3 Å². The predicted octanol–water partition coefficient (Wildman–Crippen LogP) is 3.92. The van der Waals surface area contributed by atoms with E-state index in [-0.39, 0.29) is 25.1 Å². The van der Waals surface area contributed by atoms with Gasteiger partial charge in [0.2, 0.25) is 0 Å². The molecule has 0 heterocycles. The van der Waals surface area contributed by atoms with E-state index >= 15 is 0 Å². The zero-order valence-electron chi connectivity index (χ0n) is 14.9. The van der Waals surface area contributed by atoms with E-state index < -0.39 is 13.6 Å². The van der Waals surface area contributed by atoms with Gasteiger partial charge in [-0.25, -0.2) is 4.79 Å². The fourth-order valence-corrected chi connectivity index (χ4v) is 3.63. The van der Waals surface area contributed by atoms with Gasteiger partial charge in [0, 0.05) is 19.8 Å². The van der Waals surface area contributed by atoms with Crippen LogP contribution in [0.3, 0.4) is 0 Å². The van der Waals surface area contributed by atoms with Gasteiger partial charge in [0.05, 0.1) is 19.8 Å². The Kier molecular flexibility index (Phi) is 8.19. The average molecular weight is 355 g/mol. The molecule has 0 saturated heterocycles. The fraction of sp³-hybridized carbons (Fsp3) is 0.471. The van der Waals surface area contributed by atoms with Crippen molar-refractivity contribution >= 4 is 25.3 Å². The largest absolute Gasteiger partial charge is 0.462 e. The van der Waals surface area contributed by atoms with Gasteiger partial charge in [-0.05, 0) is 44.5 Å². The first-order chi connectivity index (χ1) is 11.4. The van der Waals surface area contributed by atoms with Gasteiger partial charge in [-0.3, -0.25) is 4.57 Å². The Hall–Kier alpha value is -1.62. The normalized spacial score (nSPS) is 12.1. The molecule has 0 amide bonds. The smallest absolute Gasteiger partial charge is 0.368 e. The van der Waals surface area contributed by atoms with E-state index in [4.69, 9.17) is 13.8 Å². The van der Waals surface area contributed by atoms with Crippen LogP contribution in [-0.2, 0) is 23.1 Å². The highest BCUT2D eigenvalue weighted by Gasteiger charge is 2.36. The van der Waals surface area contributed by atoms with Crippen molar-refractivity contribution in [2.45, 2.75) is 20.8 Å². The quantitative estimate of drug-likeness (QED) is 0.380. The van der Waals surface area contributed by atoms with Crippen LogP contribution in [0, 0.1) is 0 Å². The number of hydrogen-bond donors (Lipinski definition) is 0. The van der Waals surface area contributed by atoms with Crippen molar-refractivity contribution in [2.75, 3.05) is 38.8 Å². The van der Waals surface area contributed by atoms with Gasteiger partial charge in [-0.15, -0.1) is 0 Å². The maximum atomic E-state index is 13.0. The van der Waals surface area contributed by atoms with Gasteiger partial charge in [-0.2, -0.15) is 0 Å². The van der Waals surface area contributed by atoms with E-state index in [0.717, 1.165) is 5.69 Å². The SMILES string of the molecule is CCOC(=O)C(=Cc1ccc(N(C)C)cc1)P(=O)(OCC)OCC. The minimum absolute atomic E-state index is 0.0920. The maximum absolute atomic E-state index is 13.0. The summed E-state index contributed by atoms with van der Waals surface area (Å²) in [6.07, 6.45) is 1.50. The number of carbonyl (C=O) groups is 1. The Morgan fingerprint density at radius 3 is 2.00 bits per heavy atom. The maximum Gasteiger partial charge on any atom is 0.368 e. The van der Waals surface area contributed by atoms with Crippen molar-refractivity contribution < 1.29 is 23.1 Å². The van der Waals surface area contributed by atoms with Crippen molar-refractivity contribution in [2.24, 2.45) is 0 Å². The summed E-state index contributed by atoms with van der Waals surface area (Å²) in [4.78, 5) is 14.3. The number of anilines is 1. The number of esters is 1. The van der Waals surface area contributed by atoms with Crippen LogP contribution in [0.5, 0.6) is 0 Å². The van der Waals surface area contributed by atoms with E-state index in [2.05, 4.69) is 0 Å². The van der Waals surface area contributed by atoms with Crippen LogP contribution in [0.15, 0.2) is 29.6 Å². The lowest BCUT2D eigenvalue weighted by molar-refractivity contribution is -0.137. The first-order valence-corrected chi connectivity index (χ1v) is 9.48. The lowest BCUT2D eigenvalue weighted by atomic mass is 10.2. The Morgan fingerprint density at radius 1 is 1.04 bits per heavy atom. The summed E-state index contributed by atoms with van der Waals surface area (Å²) in [5.74, 6) is -0.695. The molecule has 0 aromatic heterocycles. The second-order valence-electron chi connectivity index (χ2n) is 5.07. The highest BCUT2D eigenvalue weighted by Crippen LogP contribution is 2.57. The molecule has 0 fully saturated rings. The van der Waals surface area contributed by atoms with Gasteiger partial charge in [0.15, 0.2) is 0 Å². The standard InChI is InChI=1S/C17H26NO5P/c1-6-21-17(19)16(24(20,22-7-2)23-8-3)13-14-9-11-15(12-10-14)18(4)5/h9-13H,6-8H2,1-5H3. The van der Waals surface area contributed by atoms with E-state index in [1.54, 1.807) is 20.8 Å². The summed E-state index contributed by atoms with van der Waals surface area (Å²) in [7, 11) is 0.140. The summed E-state index contributed by atoms with van der Waals surface area (Å²) in [6, 6.07) is 7.47. The van der Waals surface area contributed by atoms with E-state index in [1.165, 1.54) is 6.08 Å². The second kappa shape index (κ2) is 9.62. The first-order valence-electron chi connectivity index (χ1n) is 7.93. The molecule has 1 rings (SSSR count). The molecule has 1 aromatic carbocycles. The summed E-state index contributed by atoms with van der Waals surface area (Å²) in [5, 5.41) is -0.0920. The summed E-state index contributed by atoms with van der Waals surface area (Å²) < 4.78 is 28.6. The second-order valence-corrected chi connectivity index (χ2v) is 7.06. The number of hydrogen-bond acceptors (Lipinski definition) is 6. The molecule has 6 nitrogen and oxygen atoms in total. The molecule has 0 aliphatic carbocycles. The molecule has 0 radical (unpaired) electrons. The number of ether oxygens (including phenoxy) is 1. The zero-order valence-corrected chi connectivity index (χ0v) is 15.8. The van der Waals surface area contributed by atoms with Gasteiger partial charge in [0.25, 0.3) is 0 Å². The molecular formula is C17H26NO5P. The average Bonchev–Trinajstić information content (AvgIpc) is 2.53. The fourth-order valence-electron chi connectivity index (χ4n) is 2.00. The minimum atomic E-state index is -3.74. The summed E-state index contributed by atoms with van der Waals surface area (Å²) in [5.41, 5.74) is 1.73. The summed E-state index contributed by atoms with van der Waals surface area (Å²) >= 11 is 0. The Labute approximate surface area is 143 Å². The van der Waals surface area contributed by atoms with Crippen LogP contribution in [0.25, 0.3) is 6.08 Å². The van der Waals surface area contributed by atoms with Gasteiger partial charge < -0.3 is 18.7 Å². The minimum Gasteiger partial charge on any atom is -0.462 e. The molecule has 0 saturated carbocycles. The molecule has 24 heavy (non-hydrogen) atoms. The molecule has 134 valence electrons. The number of rotatable bonds is 9. The third kappa shape index (κ3) is 5.48.